The molecule has 1 aliphatic rings. The summed E-state index contributed by atoms with van der Waals surface area (Å²) in [4.78, 5) is 0.116. The lowest BCUT2D eigenvalue weighted by molar-refractivity contribution is 0.403. The normalized spacial score (nSPS) is 13.7. The molecule has 0 aliphatic heterocycles. The highest BCUT2D eigenvalue weighted by Crippen LogP contribution is 2.30. The Morgan fingerprint density at radius 1 is 1.09 bits per heavy atom. The van der Waals surface area contributed by atoms with Gasteiger partial charge in [-0.15, -0.1) is 0 Å². The monoisotopic (exact) mass is 381 g/mol. The summed E-state index contributed by atoms with van der Waals surface area (Å²) < 4.78 is 33.7. The topological polar surface area (TPSA) is 55.4 Å². The Morgan fingerprint density at radius 2 is 1.86 bits per heavy atom. The van der Waals surface area contributed by atoms with E-state index in [9.17, 15) is 8.42 Å². The molecule has 0 unspecified atom stereocenters. The van der Waals surface area contributed by atoms with E-state index in [1.54, 1.807) is 12.1 Å². The highest BCUT2D eigenvalue weighted by Gasteiger charge is 2.21. The van der Waals surface area contributed by atoms with Gasteiger partial charge in [0.1, 0.15) is 10.6 Å². The molecule has 0 spiro atoms. The van der Waals surface area contributed by atoms with Gasteiger partial charge in [-0.3, -0.25) is 4.72 Å². The van der Waals surface area contributed by atoms with E-state index in [2.05, 4.69) is 20.7 Å². The zero-order chi connectivity index (χ0) is 15.7. The molecular formula is C16H16BrNO3S. The van der Waals surface area contributed by atoms with Crippen LogP contribution in [0.15, 0.2) is 45.8 Å². The van der Waals surface area contributed by atoms with Gasteiger partial charge in [-0.05, 0) is 60.7 Å². The summed E-state index contributed by atoms with van der Waals surface area (Å²) in [6, 6.07) is 10.6. The van der Waals surface area contributed by atoms with Crippen molar-refractivity contribution < 1.29 is 13.2 Å². The van der Waals surface area contributed by atoms with E-state index in [4.69, 9.17) is 4.74 Å². The van der Waals surface area contributed by atoms with Crippen molar-refractivity contribution in [2.45, 2.75) is 24.2 Å². The molecule has 1 aliphatic carbocycles. The lowest BCUT2D eigenvalue weighted by atomic mass is 10.1. The van der Waals surface area contributed by atoms with Crippen LogP contribution in [-0.4, -0.2) is 15.5 Å². The van der Waals surface area contributed by atoms with Gasteiger partial charge in [-0.25, -0.2) is 8.42 Å². The molecule has 6 heteroatoms. The summed E-state index contributed by atoms with van der Waals surface area (Å²) in [5.41, 5.74) is 3.12. The fourth-order valence-electron chi connectivity index (χ4n) is 2.71. The van der Waals surface area contributed by atoms with Crippen molar-refractivity contribution in [3.63, 3.8) is 0 Å². The molecule has 0 radical (unpaired) electrons. The number of aryl methyl sites for hydroxylation is 2. The quantitative estimate of drug-likeness (QED) is 0.877. The van der Waals surface area contributed by atoms with Gasteiger partial charge < -0.3 is 4.74 Å². The third kappa shape index (κ3) is 2.98. The maximum absolute atomic E-state index is 12.6. The van der Waals surface area contributed by atoms with Crippen LogP contribution in [0.5, 0.6) is 5.75 Å². The second-order valence-corrected chi connectivity index (χ2v) is 7.80. The van der Waals surface area contributed by atoms with Crippen LogP contribution in [0.25, 0.3) is 0 Å². The summed E-state index contributed by atoms with van der Waals surface area (Å²) >= 11 is 3.30. The molecule has 0 saturated heterocycles. The number of halogens is 1. The number of nitrogens with one attached hydrogen (secondary N) is 1. The number of sulfonamides is 1. The first-order valence-corrected chi connectivity index (χ1v) is 9.25. The van der Waals surface area contributed by atoms with Crippen molar-refractivity contribution in [3.8, 4) is 5.75 Å². The molecular weight excluding hydrogens is 366 g/mol. The first kappa shape index (κ1) is 15.4. The molecule has 4 nitrogen and oxygen atoms in total. The maximum Gasteiger partial charge on any atom is 0.265 e. The standard InChI is InChI=1S/C16H16BrNO3S/c1-21-15-8-6-13(17)10-16(15)22(19,20)18-14-7-5-11-3-2-4-12(11)9-14/h5-10,18H,2-4H2,1H3. The SMILES string of the molecule is COc1ccc(Br)cc1S(=O)(=O)Nc1ccc2c(c1)CCC2. The molecule has 116 valence electrons. The van der Waals surface area contributed by atoms with E-state index in [0.29, 0.717) is 15.9 Å². The number of rotatable bonds is 4. The number of benzene rings is 2. The van der Waals surface area contributed by atoms with E-state index in [0.717, 1.165) is 19.3 Å². The number of anilines is 1. The molecule has 0 aromatic heterocycles. The van der Waals surface area contributed by atoms with Gasteiger partial charge in [0.15, 0.2) is 0 Å². The number of fused-ring (bicyclic) bond motifs is 1. The smallest absolute Gasteiger partial charge is 0.265 e. The highest BCUT2D eigenvalue weighted by molar-refractivity contribution is 9.10. The van der Waals surface area contributed by atoms with Gasteiger partial charge in [-0.2, -0.15) is 0 Å². The van der Waals surface area contributed by atoms with Gasteiger partial charge in [0.25, 0.3) is 10.0 Å². The molecule has 0 saturated carbocycles. The fourth-order valence-corrected chi connectivity index (χ4v) is 4.46. The minimum atomic E-state index is -3.70. The van der Waals surface area contributed by atoms with Crippen LogP contribution in [0.3, 0.4) is 0 Å². The Labute approximate surface area is 138 Å². The number of ether oxygens (including phenoxy) is 1. The van der Waals surface area contributed by atoms with Crippen molar-refractivity contribution in [1.29, 1.82) is 0 Å². The van der Waals surface area contributed by atoms with Crippen LogP contribution in [0.4, 0.5) is 5.69 Å². The fraction of sp³-hybridized carbons (Fsp3) is 0.250. The largest absolute Gasteiger partial charge is 0.495 e. The van der Waals surface area contributed by atoms with Gasteiger partial charge in [0.05, 0.1) is 7.11 Å². The predicted molar refractivity (Wildman–Crippen MR) is 90.0 cm³/mol. The first-order valence-electron chi connectivity index (χ1n) is 6.98. The Hall–Kier alpha value is -1.53. The Kier molecular flexibility index (Phi) is 4.14. The van der Waals surface area contributed by atoms with Gasteiger partial charge in [0, 0.05) is 10.2 Å². The van der Waals surface area contributed by atoms with Crippen LogP contribution in [-0.2, 0) is 22.9 Å². The second kappa shape index (κ2) is 5.93. The summed E-state index contributed by atoms with van der Waals surface area (Å²) in [5.74, 6) is 0.317. The van der Waals surface area contributed by atoms with E-state index >= 15 is 0 Å². The van der Waals surface area contributed by atoms with E-state index < -0.39 is 10.0 Å². The summed E-state index contributed by atoms with van der Waals surface area (Å²) in [7, 11) is -2.25. The molecule has 3 rings (SSSR count). The molecule has 0 heterocycles. The maximum atomic E-state index is 12.6. The van der Waals surface area contributed by atoms with Gasteiger partial charge in [-0.1, -0.05) is 22.0 Å². The number of methoxy groups -OCH3 is 1. The highest BCUT2D eigenvalue weighted by atomic mass is 79.9. The minimum absolute atomic E-state index is 0.116. The van der Waals surface area contributed by atoms with Crippen molar-refractivity contribution in [2.75, 3.05) is 11.8 Å². The zero-order valence-corrected chi connectivity index (χ0v) is 14.5. The second-order valence-electron chi connectivity index (χ2n) is 5.24. The zero-order valence-electron chi connectivity index (χ0n) is 12.1. The van der Waals surface area contributed by atoms with Crippen molar-refractivity contribution >= 4 is 31.6 Å². The number of hydrogen-bond acceptors (Lipinski definition) is 3. The van der Waals surface area contributed by atoms with Gasteiger partial charge >= 0.3 is 0 Å². The third-order valence-corrected chi connectivity index (χ3v) is 5.66. The third-order valence-electron chi connectivity index (χ3n) is 3.77. The molecule has 2 aromatic carbocycles. The van der Waals surface area contributed by atoms with Crippen molar-refractivity contribution in [2.24, 2.45) is 0 Å². The van der Waals surface area contributed by atoms with Crippen molar-refractivity contribution in [1.82, 2.24) is 0 Å². The molecule has 1 N–H and O–H groups in total. The van der Waals surface area contributed by atoms with Crippen molar-refractivity contribution in [3.05, 3.63) is 52.0 Å². The lowest BCUT2D eigenvalue weighted by Gasteiger charge is -2.13. The van der Waals surface area contributed by atoms with Crippen LogP contribution in [0.1, 0.15) is 17.5 Å². The van der Waals surface area contributed by atoms with Crippen LogP contribution >= 0.6 is 15.9 Å². The van der Waals surface area contributed by atoms with E-state index in [1.165, 1.54) is 24.3 Å². The Balaban J connectivity index is 1.95. The van der Waals surface area contributed by atoms with Crippen LogP contribution in [0.2, 0.25) is 0 Å². The average molecular weight is 382 g/mol. The average Bonchev–Trinajstić information content (AvgIpc) is 2.94. The molecule has 0 bridgehead atoms. The van der Waals surface area contributed by atoms with E-state index in [-0.39, 0.29) is 4.90 Å². The minimum Gasteiger partial charge on any atom is -0.495 e. The number of hydrogen-bond donors (Lipinski definition) is 1. The molecule has 0 fully saturated rings. The van der Waals surface area contributed by atoms with Crippen LogP contribution < -0.4 is 9.46 Å². The Bertz CT molecular complexity index is 818. The Morgan fingerprint density at radius 3 is 2.64 bits per heavy atom. The molecule has 0 atom stereocenters. The lowest BCUT2D eigenvalue weighted by Crippen LogP contribution is -2.14. The van der Waals surface area contributed by atoms with Gasteiger partial charge in [0.2, 0.25) is 0 Å². The summed E-state index contributed by atoms with van der Waals surface area (Å²) in [6.07, 6.45) is 3.21. The first-order chi connectivity index (χ1) is 10.5. The molecule has 0 amide bonds. The predicted octanol–water partition coefficient (Wildman–Crippen LogP) is 3.75. The molecule has 2 aromatic rings. The summed E-state index contributed by atoms with van der Waals surface area (Å²) in [5, 5.41) is 0. The van der Waals surface area contributed by atoms with Crippen LogP contribution in [0, 0.1) is 0 Å². The van der Waals surface area contributed by atoms with E-state index in [1.807, 2.05) is 18.2 Å². The molecule has 22 heavy (non-hydrogen) atoms. The summed E-state index contributed by atoms with van der Waals surface area (Å²) in [6.45, 7) is 0.